The third-order valence-corrected chi connectivity index (χ3v) is 2.10. The number of hydrogen-bond donors (Lipinski definition) is 0. The minimum atomic E-state index is 0. The minimum Gasteiger partial charge on any atom is -1.00 e. The Morgan fingerprint density at radius 2 is 1.35 bits per heavy atom. The summed E-state index contributed by atoms with van der Waals surface area (Å²) >= 11 is 0. The van der Waals surface area contributed by atoms with Crippen molar-refractivity contribution in [2.45, 2.75) is 0 Å². The summed E-state index contributed by atoms with van der Waals surface area (Å²) in [6.45, 7) is 0. The van der Waals surface area contributed by atoms with E-state index in [1.807, 2.05) is 30.3 Å². The zero-order valence-electron chi connectivity index (χ0n) is 9.18. The SMILES string of the molecule is [Br-].[Br-].[Ti+4].c1cc[cH-]c1.c1ccc2[cH-]ccc2c1. The average molecular weight is 388 g/mol. The predicted octanol–water partition coefficient (Wildman–Crippen LogP) is -2.03. The van der Waals surface area contributed by atoms with Crippen molar-refractivity contribution < 1.29 is 55.7 Å². The van der Waals surface area contributed by atoms with Gasteiger partial charge >= 0.3 is 21.7 Å². The summed E-state index contributed by atoms with van der Waals surface area (Å²) in [5, 5.41) is 2.66. The molecule has 0 aliphatic heterocycles. The van der Waals surface area contributed by atoms with Crippen LogP contribution in [0.4, 0.5) is 0 Å². The minimum absolute atomic E-state index is 0. The van der Waals surface area contributed by atoms with Crippen molar-refractivity contribution in [3.63, 3.8) is 0 Å². The molecule has 0 amide bonds. The topological polar surface area (TPSA) is 0 Å². The molecule has 0 nitrogen and oxygen atoms in total. The van der Waals surface area contributed by atoms with E-state index in [2.05, 4.69) is 42.5 Å². The number of fused-ring (bicyclic) bond motifs is 1. The first-order valence-corrected chi connectivity index (χ1v) is 4.74. The number of hydrogen-bond acceptors (Lipinski definition) is 0. The largest absolute Gasteiger partial charge is 4.00 e. The van der Waals surface area contributed by atoms with Crippen LogP contribution in [-0.2, 0) is 21.7 Å². The van der Waals surface area contributed by atoms with Crippen LogP contribution in [0.5, 0.6) is 0 Å². The molecule has 0 aromatic heterocycles. The number of benzene rings is 1. The van der Waals surface area contributed by atoms with E-state index in [0.717, 1.165) is 0 Å². The van der Waals surface area contributed by atoms with Crippen LogP contribution in [0.2, 0.25) is 0 Å². The molecule has 0 radical (unpaired) electrons. The molecule has 3 aromatic carbocycles. The van der Waals surface area contributed by atoms with Crippen molar-refractivity contribution in [1.82, 2.24) is 0 Å². The maximum atomic E-state index is 2.12. The molecular formula is C14H12Br2Ti. The van der Waals surface area contributed by atoms with Crippen molar-refractivity contribution in [2.24, 2.45) is 0 Å². The van der Waals surface area contributed by atoms with E-state index in [1.165, 1.54) is 10.8 Å². The van der Waals surface area contributed by atoms with Crippen LogP contribution in [0.25, 0.3) is 10.8 Å². The van der Waals surface area contributed by atoms with Gasteiger partial charge in [-0.05, 0) is 0 Å². The van der Waals surface area contributed by atoms with Crippen LogP contribution < -0.4 is 34.0 Å². The Bertz CT molecular complexity index is 424. The van der Waals surface area contributed by atoms with E-state index in [-0.39, 0.29) is 55.7 Å². The van der Waals surface area contributed by atoms with Crippen molar-refractivity contribution in [1.29, 1.82) is 0 Å². The molecule has 0 spiro atoms. The standard InChI is InChI=1S/C9H7.C5H5.2BrH.Ti/c1-2-5-9-7-3-6-8(9)4-1;1-2-4-5-3-1;;;/h1-7H;1-5H;2*1H;/q2*-1;;;+4/p-2. The van der Waals surface area contributed by atoms with E-state index in [1.54, 1.807) is 0 Å². The van der Waals surface area contributed by atoms with Gasteiger partial charge < -0.3 is 34.0 Å². The number of halogens is 2. The summed E-state index contributed by atoms with van der Waals surface area (Å²) in [4.78, 5) is 0. The van der Waals surface area contributed by atoms with E-state index in [4.69, 9.17) is 0 Å². The molecule has 0 unspecified atom stereocenters. The molecule has 0 atom stereocenters. The van der Waals surface area contributed by atoms with Gasteiger partial charge in [0.1, 0.15) is 0 Å². The van der Waals surface area contributed by atoms with Crippen molar-refractivity contribution in [2.75, 3.05) is 0 Å². The van der Waals surface area contributed by atoms with E-state index in [0.29, 0.717) is 0 Å². The van der Waals surface area contributed by atoms with E-state index < -0.39 is 0 Å². The van der Waals surface area contributed by atoms with Gasteiger partial charge in [-0.15, -0.1) is 29.7 Å². The maximum absolute atomic E-state index is 2.12. The maximum Gasteiger partial charge on any atom is 4.00 e. The summed E-state index contributed by atoms with van der Waals surface area (Å²) in [5.41, 5.74) is 0. The van der Waals surface area contributed by atoms with Crippen molar-refractivity contribution in [3.05, 3.63) is 72.8 Å². The molecular weight excluding hydrogens is 376 g/mol. The summed E-state index contributed by atoms with van der Waals surface area (Å²) in [6, 6.07) is 24.7. The molecule has 17 heavy (non-hydrogen) atoms. The fourth-order valence-corrected chi connectivity index (χ4v) is 1.39. The second-order valence-corrected chi connectivity index (χ2v) is 3.12. The van der Waals surface area contributed by atoms with Gasteiger partial charge in [-0.25, -0.2) is 12.1 Å². The van der Waals surface area contributed by atoms with Gasteiger partial charge in [-0.3, -0.25) is 0 Å². The quantitative estimate of drug-likeness (QED) is 0.308. The summed E-state index contributed by atoms with van der Waals surface area (Å²) in [7, 11) is 0. The van der Waals surface area contributed by atoms with Crippen LogP contribution in [0.1, 0.15) is 0 Å². The second-order valence-electron chi connectivity index (χ2n) is 3.12. The molecule has 0 bridgehead atoms. The number of rotatable bonds is 0. The Labute approximate surface area is 138 Å². The smallest absolute Gasteiger partial charge is 1.00 e. The zero-order chi connectivity index (χ0) is 9.64. The molecule has 0 fully saturated rings. The third-order valence-electron chi connectivity index (χ3n) is 2.10. The fraction of sp³-hybridized carbons (Fsp3) is 0. The first kappa shape index (κ1) is 19.2. The van der Waals surface area contributed by atoms with Gasteiger partial charge in [0.2, 0.25) is 0 Å². The van der Waals surface area contributed by atoms with Gasteiger partial charge in [0.25, 0.3) is 0 Å². The molecule has 0 aliphatic carbocycles. The van der Waals surface area contributed by atoms with E-state index >= 15 is 0 Å². The fourth-order valence-electron chi connectivity index (χ4n) is 1.39. The van der Waals surface area contributed by atoms with Gasteiger partial charge in [0.15, 0.2) is 0 Å². The molecule has 3 aromatic rings. The molecule has 0 saturated carbocycles. The van der Waals surface area contributed by atoms with Crippen LogP contribution in [-0.4, -0.2) is 0 Å². The first-order valence-electron chi connectivity index (χ1n) is 4.74. The van der Waals surface area contributed by atoms with Crippen LogP contribution >= 0.6 is 0 Å². The Morgan fingerprint density at radius 1 is 0.706 bits per heavy atom. The summed E-state index contributed by atoms with van der Waals surface area (Å²) in [5.74, 6) is 0. The molecule has 0 N–H and O–H groups in total. The molecule has 0 aliphatic rings. The monoisotopic (exact) mass is 386 g/mol. The summed E-state index contributed by atoms with van der Waals surface area (Å²) < 4.78 is 0. The van der Waals surface area contributed by atoms with E-state index in [9.17, 15) is 0 Å². The van der Waals surface area contributed by atoms with Crippen LogP contribution in [0, 0.1) is 0 Å². The molecule has 0 heterocycles. The van der Waals surface area contributed by atoms with Crippen molar-refractivity contribution >= 4 is 10.8 Å². The van der Waals surface area contributed by atoms with Crippen LogP contribution in [0.15, 0.2) is 72.8 Å². The first-order chi connectivity index (χ1) is 6.97. The third kappa shape index (κ3) is 6.37. The predicted molar refractivity (Wildman–Crippen MR) is 61.6 cm³/mol. The Balaban J connectivity index is 0. The normalized spacial score (nSPS) is 7.76. The van der Waals surface area contributed by atoms with Gasteiger partial charge in [-0.1, -0.05) is 6.07 Å². The molecule has 0 saturated heterocycles. The van der Waals surface area contributed by atoms with Crippen LogP contribution in [0.3, 0.4) is 0 Å². The van der Waals surface area contributed by atoms with Crippen molar-refractivity contribution in [3.8, 4) is 0 Å². The molecule has 86 valence electrons. The zero-order valence-corrected chi connectivity index (χ0v) is 13.9. The summed E-state index contributed by atoms with van der Waals surface area (Å²) in [6.07, 6.45) is 0. The average Bonchev–Trinajstić information content (AvgIpc) is 2.92. The Kier molecular flexibility index (Phi) is 12.4. The van der Waals surface area contributed by atoms with Gasteiger partial charge in [-0.2, -0.15) is 35.7 Å². The second kappa shape index (κ2) is 11.0. The molecule has 3 heteroatoms. The Hall–Kier alpha value is -0.146. The van der Waals surface area contributed by atoms with Gasteiger partial charge in [0.05, 0.1) is 0 Å². The van der Waals surface area contributed by atoms with Gasteiger partial charge in [0, 0.05) is 0 Å². The molecule has 3 rings (SSSR count). The Morgan fingerprint density at radius 3 is 1.88 bits per heavy atom.